The number of hydroxylamine groups is 1. The average molecular weight is 1760 g/mol. The van der Waals surface area contributed by atoms with Crippen molar-refractivity contribution in [3.63, 3.8) is 0 Å². The van der Waals surface area contributed by atoms with Gasteiger partial charge in [0.25, 0.3) is 0 Å². The van der Waals surface area contributed by atoms with Crippen LogP contribution in [0.25, 0.3) is 0 Å². The van der Waals surface area contributed by atoms with E-state index in [2.05, 4.69) is 137 Å². The number of rotatable bonds is 39. The number of aliphatic imine (C=N–C) groups is 2. The number of nitrogens with two attached hydrogens (primary N) is 7. The molecule has 1 aromatic heterocycles. The molecule has 30 N–H and O–H groups in total. The molecule has 107 heavy (non-hydrogen) atoms. The zero-order chi connectivity index (χ0) is 85.1. The maximum absolute atomic E-state index is 11.5. The molecule has 43 nitrogen and oxygen atoms in total. The summed E-state index contributed by atoms with van der Waals surface area (Å²) in [6, 6.07) is -8.81. The number of carboxylic acid groups (broad SMARTS) is 10. The van der Waals surface area contributed by atoms with Crippen LogP contribution in [0.15, 0.2) is 22.5 Å². The number of carbonyl (C=O) groups excluding carboxylic acids is 5. The minimum Gasteiger partial charge on any atom is -0.480 e. The van der Waals surface area contributed by atoms with E-state index in [1.165, 1.54) is 20.4 Å². The van der Waals surface area contributed by atoms with Gasteiger partial charge in [-0.15, -0.1) is 0 Å². The number of imidazole rings is 1. The summed E-state index contributed by atoms with van der Waals surface area (Å²) >= 11 is 22.0. The average Bonchev–Trinajstić information content (AvgIpc) is 1.83. The number of nitrogens with one attached hydrogen (secondary N) is 6. The van der Waals surface area contributed by atoms with Gasteiger partial charge >= 0.3 is 157 Å². The standard InChI is InChI=1S/C11H18N4O3.C10H17N3O6S.C9H14N4O3.C6H13NO3S.C5H9NO3S.C5H11NO2S.C5H11NO2Se.C3H7NO2S.C3H7NO2Se/c1-15-7-13-6-8(15)5-9(11(17)18)14-10(16)3-2-4-12;11-5(10(18)19)1-2-7(14)13-6(4-20)9(17)12-3-8(15)16;10-2-1-8(14)13-7(9(15)16)3-6-4-11-5-12-6;1-6(2,11)4(5(8)9)7-10-3;1-3(7)6-4(2-10)5(8)9;1-5(2,9)3(6)4(7)8;1-9-3-2-4(6)5(7)8;2*4-2(1-7)3(5)6/h6-7,9H,2-5,12H2,1H3,(H,14,16)(H,17,18);5-6,20H,1-4,11H2,(H,12,17)(H,13,14)(H,15,16)(H,18,19);5,7H,1-4,10H2,(H,13,14)(H,15,16);4,7,11H,1-3H3,(H,8,9);4,10H,2H2,1H3,(H,6,7)(H,8,9);3,9H,6H2,1-2H3,(H,7,8);4H,2-3,6H2,1H3,(H,7,8);2*2,7H,1,4H2,(H,5,6)/t;5-,6-;7-;;;;;;/m.01....../s1. The Hall–Kier alpha value is -6.97. The molecule has 2 rings (SSSR count). The van der Waals surface area contributed by atoms with Gasteiger partial charge in [-0.05, 0) is 47.1 Å². The van der Waals surface area contributed by atoms with Crippen LogP contribution in [-0.4, -0.2) is 313 Å². The molecule has 5 amide bonds. The smallest absolute Gasteiger partial charge is 0.326 e. The molecule has 0 radical (unpaired) electrons. The second-order valence-electron chi connectivity index (χ2n) is 22.3. The molecule has 10 atom stereocenters. The Kier molecular flexibility index (Phi) is 70.0. The number of carbonyl (C=O) groups is 15. The maximum atomic E-state index is 11.5. The predicted molar refractivity (Wildman–Crippen MR) is 411 cm³/mol. The summed E-state index contributed by atoms with van der Waals surface area (Å²) in [5.74, 6) is -10.4. The number of carboxylic acids is 10. The molecule has 0 bridgehead atoms. The fraction of sp³-hybridized carbons (Fsp3) is 0.649. The number of aromatic nitrogens is 2. The molecule has 7 unspecified atom stereocenters. The molecular formula is C57H107N17O26S5Se2. The van der Waals surface area contributed by atoms with Crippen LogP contribution >= 0.6 is 63.1 Å². The molecule has 0 aliphatic carbocycles. The number of hydrogen-bond donors (Lipinski definition) is 28. The van der Waals surface area contributed by atoms with Crippen LogP contribution in [0.2, 0.25) is 16.5 Å². The first-order valence-corrected chi connectivity index (χ1v) is 37.9. The van der Waals surface area contributed by atoms with Crippen LogP contribution in [0.5, 0.6) is 0 Å². The molecule has 618 valence electrons. The third-order valence-corrected chi connectivity index (χ3v) is 15.7. The van der Waals surface area contributed by atoms with Crippen LogP contribution < -0.4 is 72.2 Å². The Morgan fingerprint density at radius 2 is 1.06 bits per heavy atom. The van der Waals surface area contributed by atoms with Crippen molar-refractivity contribution in [3.05, 3.63) is 18.2 Å². The fourth-order valence-corrected chi connectivity index (χ4v) is 8.10. The Morgan fingerprint density at radius 1 is 0.598 bits per heavy atom. The van der Waals surface area contributed by atoms with E-state index in [0.717, 1.165) is 11.0 Å². The number of hydrogen-bond acceptors (Lipinski definition) is 32. The summed E-state index contributed by atoms with van der Waals surface area (Å²) in [7, 11) is 3.15. The zero-order valence-electron chi connectivity index (χ0n) is 60.0. The molecule has 1 aliphatic heterocycles. The van der Waals surface area contributed by atoms with Crippen molar-refractivity contribution in [2.24, 2.45) is 57.2 Å². The molecule has 0 spiro atoms. The molecule has 0 aromatic carbocycles. The van der Waals surface area contributed by atoms with Gasteiger partial charge in [0.05, 0.1) is 20.0 Å². The molecule has 2 heterocycles. The van der Waals surface area contributed by atoms with Gasteiger partial charge in [0.15, 0.2) is 0 Å². The Bertz CT molecular complexity index is 2920. The van der Waals surface area contributed by atoms with Gasteiger partial charge in [-0.2, -0.15) is 68.6 Å². The first-order valence-electron chi connectivity index (χ1n) is 30.8. The Labute approximate surface area is 659 Å². The molecule has 1 aromatic rings. The molecule has 0 fully saturated rings. The predicted octanol–water partition coefficient (Wildman–Crippen LogP) is -6.24. The van der Waals surface area contributed by atoms with Gasteiger partial charge in [-0.1, -0.05) is 0 Å². The van der Waals surface area contributed by atoms with E-state index >= 15 is 0 Å². The number of thiol groups is 5. The van der Waals surface area contributed by atoms with Crippen LogP contribution in [-0.2, 0) is 90.2 Å². The van der Waals surface area contributed by atoms with Crippen LogP contribution in [0.4, 0.5) is 0 Å². The molecule has 50 heteroatoms. The van der Waals surface area contributed by atoms with E-state index in [1.54, 1.807) is 51.8 Å². The minimum atomic E-state index is -1.22. The second kappa shape index (κ2) is 66.1. The number of aliphatic carboxylic acids is 10. The third-order valence-electron chi connectivity index (χ3n) is 11.9. The summed E-state index contributed by atoms with van der Waals surface area (Å²) in [4.78, 5) is 175. The van der Waals surface area contributed by atoms with Crippen molar-refractivity contribution >= 4 is 195 Å². The van der Waals surface area contributed by atoms with E-state index in [4.69, 9.17) is 91.2 Å². The molecule has 0 saturated carbocycles. The summed E-state index contributed by atoms with van der Waals surface area (Å²) in [6.07, 6.45) is 6.23. The van der Waals surface area contributed by atoms with E-state index in [1.807, 2.05) is 0 Å². The van der Waals surface area contributed by atoms with Crippen LogP contribution in [0, 0.1) is 0 Å². The minimum absolute atomic E-state index is 0.0256. The van der Waals surface area contributed by atoms with Crippen LogP contribution in [0.3, 0.4) is 0 Å². The molecular weight excluding hydrogens is 1660 g/mol. The molecule has 0 saturated heterocycles. The van der Waals surface area contributed by atoms with Crippen molar-refractivity contribution in [2.45, 2.75) is 172 Å². The fourth-order valence-electron chi connectivity index (χ4n) is 5.81. The maximum Gasteiger partial charge on any atom is 0.326 e. The van der Waals surface area contributed by atoms with E-state index < -0.39 is 148 Å². The number of amides is 5. The Balaban J connectivity index is -0.000000215. The zero-order valence-corrected chi connectivity index (χ0v) is 68.0. The monoisotopic (exact) mass is 1770 g/mol. The van der Waals surface area contributed by atoms with Crippen molar-refractivity contribution in [3.8, 4) is 0 Å². The van der Waals surface area contributed by atoms with Gasteiger partial charge in [-0.25, -0.2) is 24.4 Å². The summed E-state index contributed by atoms with van der Waals surface area (Å²) in [5, 5.41) is 97.5. The number of nitrogens with zero attached hydrogens (tertiary/aromatic N) is 4. The third kappa shape index (κ3) is 66.9. The van der Waals surface area contributed by atoms with Gasteiger partial charge in [0.2, 0.25) is 29.5 Å². The van der Waals surface area contributed by atoms with Crippen molar-refractivity contribution in [1.82, 2.24) is 41.6 Å². The van der Waals surface area contributed by atoms with Crippen molar-refractivity contribution < 1.29 is 128 Å². The van der Waals surface area contributed by atoms with Gasteiger partial charge in [0, 0.05) is 97.0 Å². The van der Waals surface area contributed by atoms with Crippen molar-refractivity contribution in [2.75, 3.05) is 50.5 Å². The van der Waals surface area contributed by atoms with E-state index in [0.29, 0.717) is 51.9 Å². The van der Waals surface area contributed by atoms with Crippen molar-refractivity contribution in [1.29, 1.82) is 0 Å². The largest absolute Gasteiger partial charge is 0.480 e. The van der Waals surface area contributed by atoms with Gasteiger partial charge in [0.1, 0.15) is 61.2 Å². The summed E-state index contributed by atoms with van der Waals surface area (Å²) in [5.41, 5.74) is 39.8. The number of aryl methyl sites for hydroxylation is 1. The summed E-state index contributed by atoms with van der Waals surface area (Å²) < 4.78 is 0.426. The Morgan fingerprint density at radius 3 is 1.34 bits per heavy atom. The van der Waals surface area contributed by atoms with Gasteiger partial charge < -0.3 is 106 Å². The summed E-state index contributed by atoms with van der Waals surface area (Å²) in [6.45, 7) is 8.42. The second-order valence-corrected chi connectivity index (χ2v) is 28.5. The van der Waals surface area contributed by atoms with Gasteiger partial charge in [-0.3, -0.25) is 52.9 Å². The normalized spacial score (nSPS) is 13.6. The first kappa shape index (κ1) is 113. The quantitative estimate of drug-likeness (QED) is 0.0166. The van der Waals surface area contributed by atoms with E-state index in [-0.39, 0.29) is 80.0 Å². The molecule has 1 aliphatic rings. The topological polar surface area (TPSA) is 764 Å². The SMILES string of the molecule is CC(=O)NC(CS)C(=O)O.CC(C)(S)C(N)C(=O)O.CONC(C(=O)O)C(C)(C)S.C[Se]CCC(N)C(=O)O.Cn1cncc1CC(NC(=O)CCCN)C(=O)O.NC(CS)C(=O)O.NC(C[SeH])C(=O)O.NCCC(=O)N[C@H](CC1=NC=NC1)C(=O)O.N[C@@H](CCC(=O)N[C@@H](CS)C(=O)NCC(=O)O)C(=O)O. The first-order chi connectivity index (χ1) is 49.3. The van der Waals surface area contributed by atoms with Crippen LogP contribution in [0.1, 0.15) is 85.3 Å². The van der Waals surface area contributed by atoms with E-state index in [9.17, 15) is 71.9 Å².